The van der Waals surface area contributed by atoms with Crippen LogP contribution in [0.4, 0.5) is 9.18 Å². The van der Waals surface area contributed by atoms with Gasteiger partial charge in [0, 0.05) is 13.2 Å². The first kappa shape index (κ1) is 17.0. The lowest BCUT2D eigenvalue weighted by molar-refractivity contribution is 0.0531. The fourth-order valence-corrected chi connectivity index (χ4v) is 2.15. The molecule has 0 saturated carbocycles. The van der Waals surface area contributed by atoms with Gasteiger partial charge < -0.3 is 15.3 Å². The summed E-state index contributed by atoms with van der Waals surface area (Å²) >= 11 is 0. The summed E-state index contributed by atoms with van der Waals surface area (Å²) in [6.45, 7) is 3.77. The highest BCUT2D eigenvalue weighted by Crippen LogP contribution is 2.09. The second kappa shape index (κ2) is 6.78. The number of aromatic nitrogens is 2. The molecule has 23 heavy (non-hydrogen) atoms. The average Bonchev–Trinajstić information content (AvgIpc) is 2.92. The molecule has 2 amide bonds. The van der Waals surface area contributed by atoms with Gasteiger partial charge >= 0.3 is 6.03 Å². The van der Waals surface area contributed by atoms with Gasteiger partial charge in [-0.1, -0.05) is 0 Å². The molecule has 0 aliphatic rings. The Morgan fingerprint density at radius 3 is 2.61 bits per heavy atom. The van der Waals surface area contributed by atoms with Crippen molar-refractivity contribution in [2.24, 2.45) is 0 Å². The maximum atomic E-state index is 12.9. The smallest absolute Gasteiger partial charge is 0.317 e. The van der Waals surface area contributed by atoms with Crippen LogP contribution in [0.3, 0.4) is 0 Å². The van der Waals surface area contributed by atoms with Gasteiger partial charge in [-0.2, -0.15) is 5.10 Å². The molecule has 0 atom stereocenters. The van der Waals surface area contributed by atoms with Crippen LogP contribution in [0.25, 0.3) is 5.69 Å². The molecule has 0 saturated heterocycles. The molecule has 1 aromatic carbocycles. The highest BCUT2D eigenvalue weighted by atomic mass is 19.1. The molecule has 2 N–H and O–H groups in total. The lowest BCUT2D eigenvalue weighted by Gasteiger charge is -2.25. The van der Waals surface area contributed by atoms with E-state index in [2.05, 4.69) is 10.4 Å². The second-order valence-electron chi connectivity index (χ2n) is 6.06. The van der Waals surface area contributed by atoms with Gasteiger partial charge in [-0.3, -0.25) is 0 Å². The first-order valence-electron chi connectivity index (χ1n) is 7.26. The predicted molar refractivity (Wildman–Crippen MR) is 84.7 cm³/mol. The monoisotopic (exact) mass is 320 g/mol. The van der Waals surface area contributed by atoms with Gasteiger partial charge in [0.2, 0.25) is 0 Å². The highest BCUT2D eigenvalue weighted by Gasteiger charge is 2.19. The quantitative estimate of drug-likeness (QED) is 0.884. The van der Waals surface area contributed by atoms with Crippen molar-refractivity contribution in [1.82, 2.24) is 20.0 Å². The standard InChI is InChI=1S/C16H21FN4O2/c1-16(2,23)11-20(3)15(22)18-10-13-8-9-21(19-13)14-6-4-12(17)5-7-14/h4-9,23H,10-11H2,1-3H3,(H,18,22). The van der Waals surface area contributed by atoms with Crippen LogP contribution in [0.5, 0.6) is 0 Å². The van der Waals surface area contributed by atoms with Gasteiger partial charge in [0.25, 0.3) is 0 Å². The Balaban J connectivity index is 1.92. The molecule has 0 unspecified atom stereocenters. The normalized spacial score (nSPS) is 11.3. The SMILES string of the molecule is CN(CC(C)(C)O)C(=O)NCc1ccn(-c2ccc(F)cc2)n1. The zero-order valence-electron chi connectivity index (χ0n) is 13.5. The van der Waals surface area contributed by atoms with Crippen molar-refractivity contribution in [3.8, 4) is 5.69 Å². The molecule has 0 bridgehead atoms. The van der Waals surface area contributed by atoms with Crippen LogP contribution in [-0.2, 0) is 6.54 Å². The van der Waals surface area contributed by atoms with Crippen molar-refractivity contribution in [2.75, 3.05) is 13.6 Å². The molecule has 0 aliphatic heterocycles. The Bertz CT molecular complexity index is 661. The predicted octanol–water partition coefficient (Wildman–Crippen LogP) is 1.92. The number of carbonyl (C=O) groups is 1. The van der Waals surface area contributed by atoms with E-state index in [0.29, 0.717) is 5.69 Å². The molecule has 7 heteroatoms. The molecule has 1 aromatic heterocycles. The minimum Gasteiger partial charge on any atom is -0.389 e. The number of halogens is 1. The van der Waals surface area contributed by atoms with E-state index in [1.54, 1.807) is 50.0 Å². The number of hydrogen-bond donors (Lipinski definition) is 2. The topological polar surface area (TPSA) is 70.4 Å². The summed E-state index contributed by atoms with van der Waals surface area (Å²) in [6.07, 6.45) is 1.75. The van der Waals surface area contributed by atoms with Crippen LogP contribution >= 0.6 is 0 Å². The summed E-state index contributed by atoms with van der Waals surface area (Å²) in [7, 11) is 1.62. The molecule has 2 rings (SSSR count). The molecule has 0 radical (unpaired) electrons. The summed E-state index contributed by atoms with van der Waals surface area (Å²) in [5.41, 5.74) is 0.471. The van der Waals surface area contributed by atoms with Crippen molar-refractivity contribution < 1.29 is 14.3 Å². The number of hydrogen-bond acceptors (Lipinski definition) is 3. The average molecular weight is 320 g/mol. The van der Waals surface area contributed by atoms with E-state index >= 15 is 0 Å². The van der Waals surface area contributed by atoms with Crippen molar-refractivity contribution in [1.29, 1.82) is 0 Å². The van der Waals surface area contributed by atoms with Gasteiger partial charge in [-0.15, -0.1) is 0 Å². The molecule has 6 nitrogen and oxygen atoms in total. The summed E-state index contributed by atoms with van der Waals surface area (Å²) < 4.78 is 14.5. The van der Waals surface area contributed by atoms with E-state index in [4.69, 9.17) is 0 Å². The van der Waals surface area contributed by atoms with Gasteiger partial charge in [0.15, 0.2) is 0 Å². The van der Waals surface area contributed by atoms with Gasteiger partial charge in [0.1, 0.15) is 5.82 Å². The van der Waals surface area contributed by atoms with E-state index in [0.717, 1.165) is 5.69 Å². The van der Waals surface area contributed by atoms with E-state index in [1.807, 2.05) is 0 Å². The molecule has 1 heterocycles. The number of nitrogens with one attached hydrogen (secondary N) is 1. The molecular weight excluding hydrogens is 299 g/mol. The van der Waals surface area contributed by atoms with Crippen LogP contribution in [0, 0.1) is 5.82 Å². The third-order valence-corrected chi connectivity index (χ3v) is 3.13. The van der Waals surface area contributed by atoms with Gasteiger partial charge in [0.05, 0.1) is 30.1 Å². The minimum atomic E-state index is -0.948. The number of likely N-dealkylation sites (N-methyl/N-ethyl adjacent to an activating group) is 1. The molecule has 0 spiro atoms. The molecule has 124 valence electrons. The Hall–Kier alpha value is -2.41. The molecule has 2 aromatic rings. The first-order chi connectivity index (χ1) is 10.7. The summed E-state index contributed by atoms with van der Waals surface area (Å²) in [5.74, 6) is -0.303. The zero-order valence-corrected chi connectivity index (χ0v) is 13.5. The van der Waals surface area contributed by atoms with E-state index in [9.17, 15) is 14.3 Å². The van der Waals surface area contributed by atoms with E-state index < -0.39 is 5.60 Å². The maximum Gasteiger partial charge on any atom is 0.317 e. The number of benzene rings is 1. The van der Waals surface area contributed by atoms with Gasteiger partial charge in [-0.05, 0) is 44.2 Å². The number of urea groups is 1. The second-order valence-corrected chi connectivity index (χ2v) is 6.06. The molecule has 0 aliphatic carbocycles. The zero-order chi connectivity index (χ0) is 17.0. The van der Waals surface area contributed by atoms with Crippen LogP contribution < -0.4 is 5.32 Å². The first-order valence-corrected chi connectivity index (χ1v) is 7.26. The van der Waals surface area contributed by atoms with Crippen LogP contribution in [0.1, 0.15) is 19.5 Å². The largest absolute Gasteiger partial charge is 0.389 e. The van der Waals surface area contributed by atoms with Gasteiger partial charge in [-0.25, -0.2) is 13.9 Å². The minimum absolute atomic E-state index is 0.225. The van der Waals surface area contributed by atoms with Crippen LogP contribution in [-0.4, -0.2) is 45.0 Å². The number of amides is 2. The summed E-state index contributed by atoms with van der Waals surface area (Å²) in [6, 6.07) is 7.47. The number of aliphatic hydroxyl groups is 1. The van der Waals surface area contributed by atoms with Crippen LogP contribution in [0.15, 0.2) is 36.5 Å². The third kappa shape index (κ3) is 5.07. The van der Waals surface area contributed by atoms with Crippen molar-refractivity contribution in [2.45, 2.75) is 26.0 Å². The fourth-order valence-electron chi connectivity index (χ4n) is 2.15. The Kier molecular flexibility index (Phi) is 5.00. The summed E-state index contributed by atoms with van der Waals surface area (Å²) in [4.78, 5) is 13.3. The fraction of sp³-hybridized carbons (Fsp3) is 0.375. The maximum absolute atomic E-state index is 12.9. The van der Waals surface area contributed by atoms with Crippen molar-refractivity contribution >= 4 is 6.03 Å². The highest BCUT2D eigenvalue weighted by molar-refractivity contribution is 5.73. The number of carbonyl (C=O) groups excluding carboxylic acids is 1. The number of rotatable bonds is 5. The van der Waals surface area contributed by atoms with Crippen LogP contribution in [0.2, 0.25) is 0 Å². The Labute approximate surface area is 134 Å². The lowest BCUT2D eigenvalue weighted by atomic mass is 10.1. The number of nitrogens with zero attached hydrogens (tertiary/aromatic N) is 3. The molecular formula is C16H21FN4O2. The lowest BCUT2D eigenvalue weighted by Crippen LogP contribution is -2.44. The van der Waals surface area contributed by atoms with E-state index in [-0.39, 0.29) is 24.9 Å². The van der Waals surface area contributed by atoms with E-state index in [1.165, 1.54) is 17.0 Å². The van der Waals surface area contributed by atoms with Crippen molar-refractivity contribution in [3.63, 3.8) is 0 Å². The summed E-state index contributed by atoms with van der Waals surface area (Å²) in [5, 5.41) is 16.8. The Morgan fingerprint density at radius 2 is 2.00 bits per heavy atom. The Morgan fingerprint density at radius 1 is 1.35 bits per heavy atom. The molecule has 0 fully saturated rings. The third-order valence-electron chi connectivity index (χ3n) is 3.13. The van der Waals surface area contributed by atoms with Crippen molar-refractivity contribution in [3.05, 3.63) is 48.0 Å².